The van der Waals surface area contributed by atoms with Gasteiger partial charge in [-0.1, -0.05) is 17.7 Å². The summed E-state index contributed by atoms with van der Waals surface area (Å²) in [5, 5.41) is 27.0. The fourth-order valence-corrected chi connectivity index (χ4v) is 2.32. The number of benzene rings is 2. The average Bonchev–Trinajstić information content (AvgIpc) is 2.49. The lowest BCUT2D eigenvalue weighted by Crippen LogP contribution is -2.27. The topological polar surface area (TPSA) is 82.1 Å². The van der Waals surface area contributed by atoms with Crippen molar-refractivity contribution in [3.63, 3.8) is 0 Å². The van der Waals surface area contributed by atoms with Crippen LogP contribution >= 0.6 is 0 Å². The van der Waals surface area contributed by atoms with Gasteiger partial charge in [-0.15, -0.1) is 0 Å². The third-order valence-electron chi connectivity index (χ3n) is 3.42. The number of nitro groups is 1. The van der Waals surface area contributed by atoms with Crippen molar-refractivity contribution in [3.8, 4) is 0 Å². The van der Waals surface area contributed by atoms with Crippen LogP contribution in [0.2, 0.25) is 0 Å². The maximum atomic E-state index is 12.1. The fourth-order valence-electron chi connectivity index (χ4n) is 2.32. The Kier molecular flexibility index (Phi) is 3.34. The van der Waals surface area contributed by atoms with E-state index in [0.717, 1.165) is 5.56 Å². The van der Waals surface area contributed by atoms with E-state index in [9.17, 15) is 15.3 Å². The Bertz CT molecular complexity index is 860. The van der Waals surface area contributed by atoms with E-state index >= 15 is 0 Å². The highest BCUT2D eigenvalue weighted by molar-refractivity contribution is 5.95. The number of aryl methyl sites for hydroxylation is 1. The molecule has 0 aliphatic rings. The lowest BCUT2D eigenvalue weighted by atomic mass is 10.1. The van der Waals surface area contributed by atoms with Gasteiger partial charge in [-0.05, 0) is 31.2 Å². The third-order valence-corrected chi connectivity index (χ3v) is 3.42. The number of fused-ring (bicyclic) bond motifs is 1. The first kappa shape index (κ1) is 13.8. The fraction of sp³-hybridized carbons (Fsp3) is 0.0625. The molecule has 1 aromatic heterocycles. The van der Waals surface area contributed by atoms with Crippen molar-refractivity contribution in [1.29, 1.82) is 0 Å². The van der Waals surface area contributed by atoms with Gasteiger partial charge in [-0.3, -0.25) is 10.1 Å². The van der Waals surface area contributed by atoms with Gasteiger partial charge < -0.3 is 10.5 Å². The van der Waals surface area contributed by atoms with Crippen molar-refractivity contribution < 1.29 is 9.65 Å². The van der Waals surface area contributed by atoms with Crippen molar-refractivity contribution in [1.82, 2.24) is 0 Å². The minimum Gasteiger partial charge on any atom is -0.618 e. The lowest BCUT2D eigenvalue weighted by molar-refractivity contribution is -0.576. The van der Waals surface area contributed by atoms with Crippen molar-refractivity contribution in [3.05, 3.63) is 75.6 Å². The summed E-state index contributed by atoms with van der Waals surface area (Å²) in [6, 6.07) is 13.7. The van der Waals surface area contributed by atoms with E-state index < -0.39 is 4.92 Å². The summed E-state index contributed by atoms with van der Waals surface area (Å²) in [5.74, 6) is 0. The van der Waals surface area contributed by atoms with Gasteiger partial charge in [0.1, 0.15) is 0 Å². The Labute approximate surface area is 126 Å². The molecule has 0 saturated heterocycles. The second-order valence-corrected chi connectivity index (χ2v) is 4.98. The second kappa shape index (κ2) is 5.33. The Balaban J connectivity index is 2.22. The molecule has 0 radical (unpaired) electrons. The molecule has 1 N–H and O–H groups in total. The summed E-state index contributed by atoms with van der Waals surface area (Å²) < 4.78 is 0.638. The zero-order chi connectivity index (χ0) is 15.7. The van der Waals surface area contributed by atoms with Crippen LogP contribution in [0.5, 0.6) is 0 Å². The Morgan fingerprint density at radius 1 is 1.09 bits per heavy atom. The molecule has 2 aromatic carbocycles. The van der Waals surface area contributed by atoms with Gasteiger partial charge in [0.05, 0.1) is 10.3 Å². The number of hydrogen-bond acceptors (Lipinski definition) is 4. The maximum Gasteiger partial charge on any atom is 0.299 e. The van der Waals surface area contributed by atoms with Gasteiger partial charge in [0.2, 0.25) is 0 Å². The van der Waals surface area contributed by atoms with Crippen molar-refractivity contribution >= 4 is 28.0 Å². The highest BCUT2D eigenvalue weighted by Crippen LogP contribution is 2.33. The third kappa shape index (κ3) is 2.42. The summed E-state index contributed by atoms with van der Waals surface area (Å²) in [6.07, 6.45) is 1.33. The Hall–Kier alpha value is -3.15. The minimum atomic E-state index is -0.497. The van der Waals surface area contributed by atoms with E-state index in [-0.39, 0.29) is 16.9 Å². The Morgan fingerprint density at radius 2 is 1.82 bits per heavy atom. The minimum absolute atomic E-state index is 0.135. The molecule has 0 aliphatic heterocycles. The number of nitrogens with zero attached hydrogens (tertiary/aromatic N) is 2. The summed E-state index contributed by atoms with van der Waals surface area (Å²) in [6.45, 7) is 1.95. The number of nitrogens with one attached hydrogen (secondary N) is 1. The highest BCUT2D eigenvalue weighted by atomic mass is 16.6. The molecule has 0 fully saturated rings. The van der Waals surface area contributed by atoms with Crippen LogP contribution in [0.1, 0.15) is 5.56 Å². The van der Waals surface area contributed by atoms with Crippen LogP contribution in [0.25, 0.3) is 10.9 Å². The zero-order valence-corrected chi connectivity index (χ0v) is 11.8. The molecule has 1 heterocycles. The monoisotopic (exact) mass is 295 g/mol. The molecular formula is C16H13N3O3. The van der Waals surface area contributed by atoms with Crippen LogP contribution in [0.3, 0.4) is 0 Å². The van der Waals surface area contributed by atoms with E-state index in [4.69, 9.17) is 0 Å². The molecule has 3 rings (SSSR count). The van der Waals surface area contributed by atoms with Gasteiger partial charge in [0, 0.05) is 17.8 Å². The second-order valence-electron chi connectivity index (χ2n) is 4.98. The van der Waals surface area contributed by atoms with Gasteiger partial charge in [0.15, 0.2) is 11.9 Å². The molecule has 0 bridgehead atoms. The van der Waals surface area contributed by atoms with Crippen molar-refractivity contribution in [2.45, 2.75) is 6.92 Å². The molecule has 22 heavy (non-hydrogen) atoms. The van der Waals surface area contributed by atoms with Crippen LogP contribution in [0.4, 0.5) is 17.1 Å². The molecule has 0 aliphatic carbocycles. The van der Waals surface area contributed by atoms with E-state index in [1.54, 1.807) is 18.2 Å². The number of hydrogen-bond donors (Lipinski definition) is 1. The predicted molar refractivity (Wildman–Crippen MR) is 84.0 cm³/mol. The standard InChI is InChI=1S/C16H13N3O3/c1-11-4-7-13(8-5-11)17-15-14(19(21)22)9-6-12-3-2-10-18(20)16(12)15/h2-10,17H,1H3. The van der Waals surface area contributed by atoms with Crippen LogP contribution in [0, 0.1) is 22.2 Å². The Morgan fingerprint density at radius 3 is 2.50 bits per heavy atom. The van der Waals surface area contributed by atoms with Gasteiger partial charge >= 0.3 is 0 Å². The van der Waals surface area contributed by atoms with Gasteiger partial charge in [0.25, 0.3) is 11.2 Å². The first-order chi connectivity index (χ1) is 10.6. The van der Waals surface area contributed by atoms with Gasteiger partial charge in [-0.2, -0.15) is 4.73 Å². The van der Waals surface area contributed by atoms with E-state index in [2.05, 4.69) is 5.32 Å². The summed E-state index contributed by atoms with van der Waals surface area (Å²) >= 11 is 0. The molecule has 0 atom stereocenters. The summed E-state index contributed by atoms with van der Waals surface area (Å²) in [7, 11) is 0. The van der Waals surface area contributed by atoms with E-state index in [0.29, 0.717) is 15.8 Å². The van der Waals surface area contributed by atoms with Crippen molar-refractivity contribution in [2.75, 3.05) is 5.32 Å². The number of nitro benzene ring substituents is 1. The molecule has 0 spiro atoms. The lowest BCUT2D eigenvalue weighted by Gasteiger charge is -2.10. The van der Waals surface area contributed by atoms with Crippen LogP contribution in [-0.2, 0) is 0 Å². The molecule has 110 valence electrons. The molecule has 0 saturated carbocycles. The zero-order valence-electron chi connectivity index (χ0n) is 11.8. The van der Waals surface area contributed by atoms with E-state index in [1.807, 2.05) is 31.2 Å². The number of pyridine rings is 1. The highest BCUT2D eigenvalue weighted by Gasteiger charge is 2.22. The molecule has 6 nitrogen and oxygen atoms in total. The summed E-state index contributed by atoms with van der Waals surface area (Å²) in [5.41, 5.74) is 2.07. The first-order valence-electron chi connectivity index (χ1n) is 6.69. The molecule has 0 amide bonds. The number of rotatable bonds is 3. The van der Waals surface area contributed by atoms with Crippen LogP contribution < -0.4 is 10.0 Å². The number of anilines is 2. The van der Waals surface area contributed by atoms with E-state index in [1.165, 1.54) is 12.3 Å². The first-order valence-corrected chi connectivity index (χ1v) is 6.69. The smallest absolute Gasteiger partial charge is 0.299 e. The largest absolute Gasteiger partial charge is 0.618 e. The van der Waals surface area contributed by atoms with Crippen LogP contribution in [-0.4, -0.2) is 4.92 Å². The maximum absolute atomic E-state index is 12.1. The average molecular weight is 295 g/mol. The van der Waals surface area contributed by atoms with Crippen LogP contribution in [0.15, 0.2) is 54.7 Å². The van der Waals surface area contributed by atoms with Gasteiger partial charge in [-0.25, -0.2) is 0 Å². The quantitative estimate of drug-likeness (QED) is 0.347. The molecular weight excluding hydrogens is 282 g/mol. The predicted octanol–water partition coefficient (Wildman–Crippen LogP) is 3.43. The molecule has 3 aromatic rings. The number of aromatic nitrogens is 1. The SMILES string of the molecule is Cc1ccc(Nc2c([N+](=O)[O-])ccc3ccc[n+]([O-])c23)cc1. The molecule has 6 heteroatoms. The molecule has 0 unspecified atom stereocenters. The summed E-state index contributed by atoms with van der Waals surface area (Å²) in [4.78, 5) is 10.8. The van der Waals surface area contributed by atoms with Crippen molar-refractivity contribution in [2.24, 2.45) is 0 Å². The normalized spacial score (nSPS) is 10.6.